The largest absolute Gasteiger partial charge is 0.493 e. The number of carbonyl (C=O) groups excluding carboxylic acids is 1. The predicted molar refractivity (Wildman–Crippen MR) is 114 cm³/mol. The zero-order valence-corrected chi connectivity index (χ0v) is 18.0. The van der Waals surface area contributed by atoms with Crippen molar-refractivity contribution in [2.45, 2.75) is 38.6 Å². The van der Waals surface area contributed by atoms with E-state index in [2.05, 4.69) is 29.4 Å². The van der Waals surface area contributed by atoms with Crippen LogP contribution in [0.15, 0.2) is 18.2 Å². The fourth-order valence-corrected chi connectivity index (χ4v) is 4.00. The Morgan fingerprint density at radius 2 is 2.00 bits per heavy atom. The van der Waals surface area contributed by atoms with Crippen molar-refractivity contribution in [1.82, 2.24) is 15.5 Å². The summed E-state index contributed by atoms with van der Waals surface area (Å²) in [7, 11) is 3.27. The standard InChI is InChI=1S/C21H31N3O3S/c1-13(2)10-22-20(25)17-12-24(21(28)23-14-8-9-14)11-16(17)15-6-5-7-18(26-3)19(15)27-4/h5-7,13-14,16-17H,8-12H2,1-4H3,(H,22,25)(H,23,28)/t16-,17-/m0/s1. The van der Waals surface area contributed by atoms with Crippen molar-refractivity contribution in [3.8, 4) is 11.5 Å². The Bertz CT molecular complexity index is 721. The van der Waals surface area contributed by atoms with E-state index in [0.717, 1.165) is 10.7 Å². The smallest absolute Gasteiger partial charge is 0.225 e. The highest BCUT2D eigenvalue weighted by Gasteiger charge is 2.41. The molecule has 1 saturated carbocycles. The summed E-state index contributed by atoms with van der Waals surface area (Å²) in [6, 6.07) is 6.34. The van der Waals surface area contributed by atoms with Gasteiger partial charge in [0.2, 0.25) is 5.91 Å². The summed E-state index contributed by atoms with van der Waals surface area (Å²) < 4.78 is 11.1. The van der Waals surface area contributed by atoms with Gasteiger partial charge in [0.05, 0.1) is 20.1 Å². The van der Waals surface area contributed by atoms with Crippen LogP contribution >= 0.6 is 12.2 Å². The van der Waals surface area contributed by atoms with Gasteiger partial charge in [-0.1, -0.05) is 26.0 Å². The Hall–Kier alpha value is -2.02. The Labute approximate surface area is 173 Å². The number of para-hydroxylation sites is 1. The van der Waals surface area contributed by atoms with Crippen molar-refractivity contribution >= 4 is 23.2 Å². The van der Waals surface area contributed by atoms with Crippen molar-refractivity contribution in [2.75, 3.05) is 33.9 Å². The number of amides is 1. The number of methoxy groups -OCH3 is 2. The average molecular weight is 406 g/mol. The summed E-state index contributed by atoms with van der Waals surface area (Å²) in [5.74, 6) is 1.64. The molecule has 1 aliphatic carbocycles. The molecule has 1 amide bonds. The molecule has 1 aromatic carbocycles. The van der Waals surface area contributed by atoms with Gasteiger partial charge in [0, 0.05) is 37.2 Å². The number of benzene rings is 1. The first kappa shape index (κ1) is 20.7. The summed E-state index contributed by atoms with van der Waals surface area (Å²) in [6.07, 6.45) is 2.33. The van der Waals surface area contributed by atoms with Crippen LogP contribution in [0.5, 0.6) is 11.5 Å². The van der Waals surface area contributed by atoms with Crippen LogP contribution in [0.2, 0.25) is 0 Å². The lowest BCUT2D eigenvalue weighted by atomic mass is 9.87. The molecule has 0 spiro atoms. The number of likely N-dealkylation sites (tertiary alicyclic amines) is 1. The molecule has 2 atom stereocenters. The Balaban J connectivity index is 1.86. The van der Waals surface area contributed by atoms with Crippen molar-refractivity contribution < 1.29 is 14.3 Å². The van der Waals surface area contributed by atoms with Crippen LogP contribution in [0.1, 0.15) is 38.2 Å². The SMILES string of the molecule is COc1cccc([C@@H]2CN(C(=S)NC3CC3)C[C@@H]2C(=O)NCC(C)C)c1OC. The molecule has 1 aromatic rings. The first-order valence-corrected chi connectivity index (χ1v) is 10.4. The quantitative estimate of drug-likeness (QED) is 0.680. The molecule has 1 heterocycles. The molecule has 2 fully saturated rings. The topological polar surface area (TPSA) is 62.8 Å². The van der Waals surface area contributed by atoms with E-state index >= 15 is 0 Å². The van der Waals surface area contributed by atoms with Gasteiger partial charge in [-0.15, -0.1) is 0 Å². The molecule has 0 bridgehead atoms. The highest BCUT2D eigenvalue weighted by Crippen LogP contribution is 2.42. The van der Waals surface area contributed by atoms with Crippen molar-refractivity contribution in [2.24, 2.45) is 11.8 Å². The maximum atomic E-state index is 13.0. The minimum absolute atomic E-state index is 0.0174. The normalized spacial score (nSPS) is 21.5. The zero-order valence-electron chi connectivity index (χ0n) is 17.2. The number of nitrogens with one attached hydrogen (secondary N) is 2. The number of thiocarbonyl (C=S) groups is 1. The lowest BCUT2D eigenvalue weighted by Crippen LogP contribution is -2.41. The van der Waals surface area contributed by atoms with Gasteiger partial charge in [0.1, 0.15) is 0 Å². The van der Waals surface area contributed by atoms with E-state index in [1.807, 2.05) is 18.2 Å². The molecule has 1 aliphatic heterocycles. The Kier molecular flexibility index (Phi) is 6.65. The third kappa shape index (κ3) is 4.69. The monoisotopic (exact) mass is 405 g/mol. The van der Waals surface area contributed by atoms with Gasteiger partial charge in [-0.3, -0.25) is 4.79 Å². The second kappa shape index (κ2) is 8.99. The Morgan fingerprint density at radius 1 is 1.25 bits per heavy atom. The van der Waals surface area contributed by atoms with E-state index in [-0.39, 0.29) is 17.7 Å². The summed E-state index contributed by atoms with van der Waals surface area (Å²) >= 11 is 5.62. The Morgan fingerprint density at radius 3 is 2.61 bits per heavy atom. The predicted octanol–water partition coefficient (Wildman–Crippen LogP) is 2.53. The molecule has 6 nitrogen and oxygen atoms in total. The van der Waals surface area contributed by atoms with Crippen molar-refractivity contribution in [1.29, 1.82) is 0 Å². The van der Waals surface area contributed by atoms with Gasteiger partial charge < -0.3 is 25.0 Å². The molecule has 154 valence electrons. The fourth-order valence-electron chi connectivity index (χ4n) is 3.68. The highest BCUT2D eigenvalue weighted by atomic mass is 32.1. The summed E-state index contributed by atoms with van der Waals surface area (Å²) in [5, 5.41) is 7.24. The molecular formula is C21H31N3O3S. The molecule has 7 heteroatoms. The molecule has 3 rings (SSSR count). The van der Waals surface area contributed by atoms with E-state index in [1.165, 1.54) is 12.8 Å². The van der Waals surface area contributed by atoms with Crippen LogP contribution in [-0.4, -0.2) is 55.8 Å². The molecular weight excluding hydrogens is 374 g/mol. The van der Waals surface area contributed by atoms with E-state index in [4.69, 9.17) is 21.7 Å². The third-order valence-electron chi connectivity index (χ3n) is 5.37. The first-order valence-electron chi connectivity index (χ1n) is 9.98. The van der Waals surface area contributed by atoms with Crippen LogP contribution in [0.4, 0.5) is 0 Å². The average Bonchev–Trinajstić information content (AvgIpc) is 3.39. The summed E-state index contributed by atoms with van der Waals surface area (Å²) in [5.41, 5.74) is 0.989. The maximum Gasteiger partial charge on any atom is 0.225 e. The van der Waals surface area contributed by atoms with Crippen LogP contribution in [-0.2, 0) is 4.79 Å². The van der Waals surface area contributed by atoms with Gasteiger partial charge in [-0.25, -0.2) is 0 Å². The van der Waals surface area contributed by atoms with E-state index in [9.17, 15) is 4.79 Å². The van der Waals surface area contributed by atoms with Gasteiger partial charge in [-0.05, 0) is 37.0 Å². The van der Waals surface area contributed by atoms with Crippen molar-refractivity contribution in [3.05, 3.63) is 23.8 Å². The first-order chi connectivity index (χ1) is 13.4. The van der Waals surface area contributed by atoms with Crippen LogP contribution < -0.4 is 20.1 Å². The van der Waals surface area contributed by atoms with Gasteiger partial charge in [0.15, 0.2) is 16.6 Å². The van der Waals surface area contributed by atoms with Gasteiger partial charge in [0.25, 0.3) is 0 Å². The maximum absolute atomic E-state index is 13.0. The number of rotatable bonds is 7. The number of ether oxygens (including phenoxy) is 2. The lowest BCUT2D eigenvalue weighted by Gasteiger charge is -2.22. The molecule has 1 saturated heterocycles. The van der Waals surface area contributed by atoms with E-state index < -0.39 is 0 Å². The molecule has 28 heavy (non-hydrogen) atoms. The van der Waals surface area contributed by atoms with Crippen LogP contribution in [0, 0.1) is 11.8 Å². The van der Waals surface area contributed by atoms with Crippen molar-refractivity contribution in [3.63, 3.8) is 0 Å². The van der Waals surface area contributed by atoms with Crippen LogP contribution in [0.3, 0.4) is 0 Å². The second-order valence-electron chi connectivity index (χ2n) is 8.06. The summed E-state index contributed by atoms with van der Waals surface area (Å²) in [6.45, 7) is 6.15. The molecule has 0 aromatic heterocycles. The molecule has 2 N–H and O–H groups in total. The summed E-state index contributed by atoms with van der Waals surface area (Å²) in [4.78, 5) is 15.1. The fraction of sp³-hybridized carbons (Fsp3) is 0.619. The van der Waals surface area contributed by atoms with Gasteiger partial charge in [-0.2, -0.15) is 0 Å². The number of carbonyl (C=O) groups is 1. The number of nitrogens with zero attached hydrogens (tertiary/aromatic N) is 1. The van der Waals surface area contributed by atoms with Gasteiger partial charge >= 0.3 is 0 Å². The van der Waals surface area contributed by atoms with Crippen LogP contribution in [0.25, 0.3) is 0 Å². The zero-order chi connectivity index (χ0) is 20.3. The second-order valence-corrected chi connectivity index (χ2v) is 8.45. The number of hydrogen-bond acceptors (Lipinski definition) is 4. The van der Waals surface area contributed by atoms with E-state index in [1.54, 1.807) is 14.2 Å². The molecule has 0 radical (unpaired) electrons. The van der Waals surface area contributed by atoms with E-state index in [0.29, 0.717) is 43.1 Å². The minimum Gasteiger partial charge on any atom is -0.493 e. The minimum atomic E-state index is -0.196. The molecule has 2 aliphatic rings. The lowest BCUT2D eigenvalue weighted by molar-refractivity contribution is -0.125. The highest BCUT2D eigenvalue weighted by molar-refractivity contribution is 7.80. The third-order valence-corrected chi connectivity index (χ3v) is 5.74. The molecule has 0 unspecified atom stereocenters. The number of hydrogen-bond donors (Lipinski definition) is 2.